The Bertz CT molecular complexity index is 1080. The van der Waals surface area contributed by atoms with Gasteiger partial charge in [0.15, 0.2) is 0 Å². The van der Waals surface area contributed by atoms with Gasteiger partial charge in [0.2, 0.25) is 0 Å². The van der Waals surface area contributed by atoms with Crippen LogP contribution in [0, 0.1) is 5.92 Å². The Morgan fingerprint density at radius 1 is 1.03 bits per heavy atom. The SMILES string of the molecule is CN1C[C@H]2C[C@@H]1CN2c1ccc2ncc(-c3cnn(C4CC(CCCN)C4)c3)nc2c1. The minimum absolute atomic E-state index is 0.514. The van der Waals surface area contributed by atoms with Crippen LogP contribution in [0.2, 0.25) is 0 Å². The van der Waals surface area contributed by atoms with Crippen LogP contribution in [-0.4, -0.2) is 63.4 Å². The first-order chi connectivity index (χ1) is 15.2. The maximum atomic E-state index is 5.64. The normalized spacial score (nSPS) is 27.9. The number of fused-ring (bicyclic) bond motifs is 3. The molecule has 0 radical (unpaired) electrons. The van der Waals surface area contributed by atoms with Crippen molar-refractivity contribution in [3.05, 3.63) is 36.8 Å². The van der Waals surface area contributed by atoms with Gasteiger partial charge in [-0.1, -0.05) is 0 Å². The largest absolute Gasteiger partial charge is 0.366 e. The van der Waals surface area contributed by atoms with Crippen molar-refractivity contribution in [1.82, 2.24) is 24.6 Å². The van der Waals surface area contributed by atoms with Crippen LogP contribution in [0.15, 0.2) is 36.8 Å². The van der Waals surface area contributed by atoms with E-state index < -0.39 is 0 Å². The van der Waals surface area contributed by atoms with Crippen molar-refractivity contribution in [3.63, 3.8) is 0 Å². The molecular formula is C24H31N7. The van der Waals surface area contributed by atoms with E-state index in [9.17, 15) is 0 Å². The minimum Gasteiger partial charge on any atom is -0.366 e. The summed E-state index contributed by atoms with van der Waals surface area (Å²) < 4.78 is 2.12. The molecule has 7 heteroatoms. The number of likely N-dealkylation sites (N-methyl/N-ethyl adjacent to an activating group) is 1. The third kappa shape index (κ3) is 3.40. The van der Waals surface area contributed by atoms with Gasteiger partial charge in [-0.15, -0.1) is 0 Å². The number of aromatic nitrogens is 4. The van der Waals surface area contributed by atoms with Gasteiger partial charge < -0.3 is 10.6 Å². The number of piperazine rings is 1. The van der Waals surface area contributed by atoms with Crippen molar-refractivity contribution in [2.45, 2.75) is 50.2 Å². The zero-order valence-corrected chi connectivity index (χ0v) is 18.2. The third-order valence-electron chi connectivity index (χ3n) is 7.67. The van der Waals surface area contributed by atoms with Gasteiger partial charge in [0, 0.05) is 42.6 Å². The molecule has 2 N–H and O–H groups in total. The molecule has 3 aromatic rings. The van der Waals surface area contributed by atoms with E-state index in [4.69, 9.17) is 10.7 Å². The molecule has 3 fully saturated rings. The predicted octanol–water partition coefficient (Wildman–Crippen LogP) is 3.08. The average Bonchev–Trinajstić information content (AvgIpc) is 3.47. The van der Waals surface area contributed by atoms with E-state index in [2.05, 4.69) is 56.0 Å². The highest BCUT2D eigenvalue weighted by molar-refractivity contribution is 5.81. The summed E-state index contributed by atoms with van der Waals surface area (Å²) in [5, 5.41) is 4.63. The molecule has 2 bridgehead atoms. The highest BCUT2D eigenvalue weighted by atomic mass is 15.3. The van der Waals surface area contributed by atoms with Crippen molar-refractivity contribution >= 4 is 16.7 Å². The fourth-order valence-electron chi connectivity index (χ4n) is 5.73. The van der Waals surface area contributed by atoms with Gasteiger partial charge in [-0.25, -0.2) is 4.98 Å². The van der Waals surface area contributed by atoms with Crippen molar-refractivity contribution in [2.24, 2.45) is 11.7 Å². The zero-order valence-electron chi connectivity index (χ0n) is 18.2. The average molecular weight is 418 g/mol. The molecule has 0 spiro atoms. The van der Waals surface area contributed by atoms with Crippen LogP contribution in [0.3, 0.4) is 0 Å². The maximum absolute atomic E-state index is 5.64. The lowest BCUT2D eigenvalue weighted by molar-refractivity contribution is 0.171. The number of anilines is 1. The first-order valence-electron chi connectivity index (χ1n) is 11.7. The molecule has 7 nitrogen and oxygen atoms in total. The van der Waals surface area contributed by atoms with Crippen LogP contribution >= 0.6 is 0 Å². The Kier molecular flexibility index (Phi) is 4.69. The Balaban J connectivity index is 1.21. The van der Waals surface area contributed by atoms with Crippen LogP contribution < -0.4 is 10.6 Å². The molecule has 1 aromatic carbocycles. The number of nitrogens with two attached hydrogens (primary N) is 1. The maximum Gasteiger partial charge on any atom is 0.0924 e. The molecule has 3 aliphatic rings. The number of benzene rings is 1. The number of hydrogen-bond acceptors (Lipinski definition) is 6. The molecule has 0 amide bonds. The van der Waals surface area contributed by atoms with Crippen molar-refractivity contribution in [3.8, 4) is 11.3 Å². The lowest BCUT2D eigenvalue weighted by Gasteiger charge is -2.35. The van der Waals surface area contributed by atoms with E-state index in [1.807, 2.05) is 12.4 Å². The summed E-state index contributed by atoms with van der Waals surface area (Å²) in [5.41, 5.74) is 10.8. The van der Waals surface area contributed by atoms with Crippen molar-refractivity contribution in [1.29, 1.82) is 0 Å². The van der Waals surface area contributed by atoms with E-state index in [0.29, 0.717) is 18.1 Å². The first-order valence-corrected chi connectivity index (χ1v) is 11.7. The van der Waals surface area contributed by atoms with Crippen LogP contribution in [0.5, 0.6) is 0 Å². The lowest BCUT2D eigenvalue weighted by Crippen LogP contribution is -2.44. The second kappa shape index (κ2) is 7.57. The smallest absolute Gasteiger partial charge is 0.0924 e. The highest BCUT2D eigenvalue weighted by Gasteiger charge is 2.41. The second-order valence-corrected chi connectivity index (χ2v) is 9.69. The first kappa shape index (κ1) is 19.2. The third-order valence-corrected chi connectivity index (χ3v) is 7.67. The van der Waals surface area contributed by atoms with Gasteiger partial charge in [-0.3, -0.25) is 14.6 Å². The van der Waals surface area contributed by atoms with Crippen LogP contribution in [-0.2, 0) is 0 Å². The summed E-state index contributed by atoms with van der Waals surface area (Å²) in [6, 6.07) is 8.35. The number of likely N-dealkylation sites (tertiary alicyclic amines) is 1. The Morgan fingerprint density at radius 3 is 2.71 bits per heavy atom. The predicted molar refractivity (Wildman–Crippen MR) is 123 cm³/mol. The monoisotopic (exact) mass is 417 g/mol. The van der Waals surface area contributed by atoms with Crippen molar-refractivity contribution < 1.29 is 0 Å². The standard InChI is InChI=1S/C24H31N7/c1-29-14-21-9-20(29)15-30(21)18-4-5-22-23(10-18)28-24(12-26-22)17-11-27-31(13-17)19-7-16(8-19)3-2-6-25/h4-5,10-13,16,19-21H,2-3,6-9,14-15,25H2,1H3/t16?,19?,20-,21-/m1/s1. The molecule has 4 heterocycles. The van der Waals surface area contributed by atoms with Gasteiger partial charge in [-0.05, 0) is 69.8 Å². The molecule has 1 saturated carbocycles. The van der Waals surface area contributed by atoms with Gasteiger partial charge in [-0.2, -0.15) is 5.10 Å². The minimum atomic E-state index is 0.514. The van der Waals surface area contributed by atoms with E-state index in [1.54, 1.807) is 0 Å². The zero-order chi connectivity index (χ0) is 20.9. The molecule has 6 rings (SSSR count). The summed E-state index contributed by atoms with van der Waals surface area (Å²) in [5.74, 6) is 0.806. The molecule has 2 aromatic heterocycles. The van der Waals surface area contributed by atoms with E-state index in [1.165, 1.54) is 31.4 Å². The van der Waals surface area contributed by atoms with E-state index >= 15 is 0 Å². The summed E-state index contributed by atoms with van der Waals surface area (Å²) in [6.07, 6.45) is 12.0. The van der Waals surface area contributed by atoms with Crippen molar-refractivity contribution in [2.75, 3.05) is 31.6 Å². The second-order valence-electron chi connectivity index (χ2n) is 9.69. The fourth-order valence-corrected chi connectivity index (χ4v) is 5.73. The van der Waals surface area contributed by atoms with Crippen LogP contribution in [0.25, 0.3) is 22.3 Å². The number of rotatable bonds is 6. The van der Waals surface area contributed by atoms with Crippen LogP contribution in [0.1, 0.15) is 38.1 Å². The molecule has 2 saturated heterocycles. The lowest BCUT2D eigenvalue weighted by atomic mass is 9.77. The molecular weight excluding hydrogens is 386 g/mol. The number of nitrogens with zero attached hydrogens (tertiary/aromatic N) is 6. The molecule has 31 heavy (non-hydrogen) atoms. The van der Waals surface area contributed by atoms with Gasteiger partial charge in [0.1, 0.15) is 0 Å². The topological polar surface area (TPSA) is 76.1 Å². The molecule has 1 aliphatic carbocycles. The quantitative estimate of drug-likeness (QED) is 0.664. The van der Waals surface area contributed by atoms with Gasteiger partial charge in [0.25, 0.3) is 0 Å². The van der Waals surface area contributed by atoms with E-state index in [-0.39, 0.29) is 0 Å². The summed E-state index contributed by atoms with van der Waals surface area (Å²) >= 11 is 0. The van der Waals surface area contributed by atoms with Gasteiger partial charge in [0.05, 0.1) is 35.2 Å². The summed E-state index contributed by atoms with van der Waals surface area (Å²) in [6.45, 7) is 3.06. The summed E-state index contributed by atoms with van der Waals surface area (Å²) in [4.78, 5) is 14.7. The fraction of sp³-hybridized carbons (Fsp3) is 0.542. The Labute approximate surface area is 183 Å². The molecule has 2 atom stereocenters. The molecule has 162 valence electrons. The number of hydrogen-bond donors (Lipinski definition) is 1. The molecule has 0 unspecified atom stereocenters. The summed E-state index contributed by atoms with van der Waals surface area (Å²) in [7, 11) is 2.24. The Morgan fingerprint density at radius 2 is 1.94 bits per heavy atom. The van der Waals surface area contributed by atoms with E-state index in [0.717, 1.165) is 54.3 Å². The highest BCUT2D eigenvalue weighted by Crippen LogP contribution is 2.40. The Hall–Kier alpha value is -2.51. The van der Waals surface area contributed by atoms with Crippen LogP contribution in [0.4, 0.5) is 5.69 Å². The van der Waals surface area contributed by atoms with Gasteiger partial charge >= 0.3 is 0 Å². The molecule has 2 aliphatic heterocycles.